The topological polar surface area (TPSA) is 52.7 Å². The highest BCUT2D eigenvalue weighted by molar-refractivity contribution is 6.31. The summed E-state index contributed by atoms with van der Waals surface area (Å²) in [4.78, 5) is 29.7. The fraction of sp³-hybridized carbons (Fsp3) is 0.333. The predicted octanol–water partition coefficient (Wildman–Crippen LogP) is 4.52. The molecule has 28 heavy (non-hydrogen) atoms. The van der Waals surface area contributed by atoms with Crippen molar-refractivity contribution < 1.29 is 14.0 Å². The summed E-state index contributed by atoms with van der Waals surface area (Å²) in [5, 5.41) is 2.68. The van der Waals surface area contributed by atoms with E-state index in [2.05, 4.69) is 17.1 Å². The van der Waals surface area contributed by atoms with E-state index in [4.69, 9.17) is 11.6 Å². The third-order valence-electron chi connectivity index (χ3n) is 5.41. The molecule has 1 saturated heterocycles. The van der Waals surface area contributed by atoms with Crippen LogP contribution in [0.3, 0.4) is 0 Å². The number of anilines is 2. The number of piperidine rings is 1. The van der Waals surface area contributed by atoms with Gasteiger partial charge in [-0.15, -0.1) is 0 Å². The van der Waals surface area contributed by atoms with Gasteiger partial charge >= 0.3 is 0 Å². The third kappa shape index (κ3) is 3.22. The van der Waals surface area contributed by atoms with Crippen LogP contribution in [0.5, 0.6) is 0 Å². The maximum Gasteiger partial charge on any atom is 0.257 e. The minimum atomic E-state index is -0.539. The number of fused-ring (bicyclic) bond motifs is 2. The van der Waals surface area contributed by atoms with Crippen molar-refractivity contribution in [1.29, 1.82) is 0 Å². The average molecular weight is 402 g/mol. The maximum absolute atomic E-state index is 13.3. The van der Waals surface area contributed by atoms with Gasteiger partial charge < -0.3 is 15.1 Å². The Morgan fingerprint density at radius 1 is 1.25 bits per heavy atom. The SMILES string of the molecule is CCN1c2cc(C(=O)Nc3ccc(F)c(Cl)c3)ccc2C(=O)N2CCCC[C@H]21. The van der Waals surface area contributed by atoms with Gasteiger partial charge in [-0.3, -0.25) is 9.59 Å². The van der Waals surface area contributed by atoms with Crippen LogP contribution in [0.1, 0.15) is 46.9 Å². The zero-order chi connectivity index (χ0) is 19.8. The van der Waals surface area contributed by atoms with Crippen LogP contribution in [0.2, 0.25) is 5.02 Å². The molecule has 4 rings (SSSR count). The van der Waals surface area contributed by atoms with E-state index in [-0.39, 0.29) is 23.0 Å². The molecule has 2 aromatic rings. The predicted molar refractivity (Wildman–Crippen MR) is 108 cm³/mol. The molecule has 0 aliphatic carbocycles. The van der Waals surface area contributed by atoms with E-state index in [1.807, 2.05) is 4.90 Å². The first-order valence-corrected chi connectivity index (χ1v) is 9.85. The molecule has 0 spiro atoms. The Labute approximate surface area is 168 Å². The van der Waals surface area contributed by atoms with E-state index in [1.54, 1.807) is 18.2 Å². The Kier molecular flexibility index (Phi) is 4.98. The second-order valence-corrected chi connectivity index (χ2v) is 7.48. The molecule has 2 aromatic carbocycles. The summed E-state index contributed by atoms with van der Waals surface area (Å²) in [7, 11) is 0. The summed E-state index contributed by atoms with van der Waals surface area (Å²) in [6.45, 7) is 3.58. The average Bonchev–Trinajstić information content (AvgIpc) is 2.71. The molecule has 2 aliphatic heterocycles. The normalized spacial score (nSPS) is 18.5. The first-order chi connectivity index (χ1) is 13.5. The number of hydrogen-bond donors (Lipinski definition) is 1. The molecule has 0 bridgehead atoms. The number of nitrogens with zero attached hydrogens (tertiary/aromatic N) is 2. The van der Waals surface area contributed by atoms with E-state index in [0.717, 1.165) is 38.0 Å². The monoisotopic (exact) mass is 401 g/mol. The quantitative estimate of drug-likeness (QED) is 0.822. The third-order valence-corrected chi connectivity index (χ3v) is 5.70. The van der Waals surface area contributed by atoms with Crippen molar-refractivity contribution in [2.24, 2.45) is 0 Å². The molecule has 146 valence electrons. The largest absolute Gasteiger partial charge is 0.351 e. The van der Waals surface area contributed by atoms with E-state index in [9.17, 15) is 14.0 Å². The van der Waals surface area contributed by atoms with Crippen LogP contribution in [-0.2, 0) is 0 Å². The fourth-order valence-corrected chi connectivity index (χ4v) is 4.22. The number of rotatable bonds is 3. The Balaban J connectivity index is 1.65. The molecule has 1 N–H and O–H groups in total. The van der Waals surface area contributed by atoms with Gasteiger partial charge in [-0.05, 0) is 62.6 Å². The van der Waals surface area contributed by atoms with E-state index < -0.39 is 5.82 Å². The molecule has 0 unspecified atom stereocenters. The minimum absolute atomic E-state index is 0.0293. The molecule has 2 amide bonds. The molecule has 0 radical (unpaired) electrons. The van der Waals surface area contributed by atoms with Gasteiger partial charge in [0.15, 0.2) is 0 Å². The standard InChI is InChI=1S/C21H21ClFN3O2/c1-2-25-18-11-13(20(27)24-14-7-9-17(23)16(22)12-14)6-8-15(18)21(28)26-10-4-3-5-19(25)26/h6-9,11-12,19H,2-5,10H2,1H3,(H,24,27)/t19-/m0/s1. The summed E-state index contributed by atoms with van der Waals surface area (Å²) in [6.07, 6.45) is 3.10. The highest BCUT2D eigenvalue weighted by atomic mass is 35.5. The van der Waals surface area contributed by atoms with E-state index in [1.165, 1.54) is 18.2 Å². The molecule has 0 saturated carbocycles. The van der Waals surface area contributed by atoms with Crippen molar-refractivity contribution in [2.45, 2.75) is 32.4 Å². The molecular formula is C21H21ClFN3O2. The number of carbonyl (C=O) groups excluding carboxylic acids is 2. The number of benzene rings is 2. The lowest BCUT2D eigenvalue weighted by atomic mass is 9.97. The van der Waals surface area contributed by atoms with E-state index in [0.29, 0.717) is 16.8 Å². The lowest BCUT2D eigenvalue weighted by Gasteiger charge is -2.47. The van der Waals surface area contributed by atoms with Crippen molar-refractivity contribution >= 4 is 34.8 Å². The number of hydrogen-bond acceptors (Lipinski definition) is 3. The molecule has 5 nitrogen and oxygen atoms in total. The van der Waals surface area contributed by atoms with Crippen LogP contribution >= 0.6 is 11.6 Å². The first-order valence-electron chi connectivity index (χ1n) is 9.47. The van der Waals surface area contributed by atoms with Gasteiger partial charge in [0.25, 0.3) is 11.8 Å². The lowest BCUT2D eigenvalue weighted by molar-refractivity contribution is 0.0582. The van der Waals surface area contributed by atoms with Gasteiger partial charge in [0, 0.05) is 24.3 Å². The van der Waals surface area contributed by atoms with Crippen LogP contribution in [0.25, 0.3) is 0 Å². The van der Waals surface area contributed by atoms with Gasteiger partial charge in [0.1, 0.15) is 12.0 Å². The van der Waals surface area contributed by atoms with Crippen molar-refractivity contribution in [2.75, 3.05) is 23.3 Å². The first kappa shape index (κ1) is 18.7. The van der Waals surface area contributed by atoms with Crippen LogP contribution in [-0.4, -0.2) is 36.0 Å². The lowest BCUT2D eigenvalue weighted by Crippen LogP contribution is -2.57. The summed E-state index contributed by atoms with van der Waals surface area (Å²) in [6, 6.07) is 9.17. The summed E-state index contributed by atoms with van der Waals surface area (Å²) in [5.74, 6) is -0.843. The van der Waals surface area contributed by atoms with Gasteiger partial charge in [0.05, 0.1) is 16.3 Å². The fourth-order valence-electron chi connectivity index (χ4n) is 4.04. The second kappa shape index (κ2) is 7.43. The molecule has 0 aromatic heterocycles. The molecule has 1 fully saturated rings. The van der Waals surface area contributed by atoms with Crippen molar-refractivity contribution in [3.05, 3.63) is 58.4 Å². The second-order valence-electron chi connectivity index (χ2n) is 7.08. The van der Waals surface area contributed by atoms with Gasteiger partial charge in [-0.2, -0.15) is 0 Å². The highest BCUT2D eigenvalue weighted by Crippen LogP contribution is 2.35. The molecule has 1 atom stereocenters. The Hall–Kier alpha value is -2.60. The Morgan fingerprint density at radius 3 is 2.82 bits per heavy atom. The maximum atomic E-state index is 13.3. The molecular weight excluding hydrogens is 381 g/mol. The summed E-state index contributed by atoms with van der Waals surface area (Å²) >= 11 is 5.78. The van der Waals surface area contributed by atoms with E-state index >= 15 is 0 Å². The minimum Gasteiger partial charge on any atom is -0.351 e. The number of amides is 2. The number of halogens is 2. The van der Waals surface area contributed by atoms with Crippen LogP contribution in [0, 0.1) is 5.82 Å². The van der Waals surface area contributed by atoms with Gasteiger partial charge in [0.2, 0.25) is 0 Å². The zero-order valence-corrected chi connectivity index (χ0v) is 16.3. The van der Waals surface area contributed by atoms with Crippen LogP contribution in [0.15, 0.2) is 36.4 Å². The Morgan fingerprint density at radius 2 is 2.07 bits per heavy atom. The van der Waals surface area contributed by atoms with Crippen molar-refractivity contribution in [3.63, 3.8) is 0 Å². The zero-order valence-electron chi connectivity index (χ0n) is 15.5. The Bertz CT molecular complexity index is 949. The molecule has 2 heterocycles. The van der Waals surface area contributed by atoms with Crippen molar-refractivity contribution in [1.82, 2.24) is 4.90 Å². The van der Waals surface area contributed by atoms with Crippen LogP contribution < -0.4 is 10.2 Å². The highest BCUT2D eigenvalue weighted by Gasteiger charge is 2.38. The summed E-state index contributed by atoms with van der Waals surface area (Å²) < 4.78 is 13.3. The van der Waals surface area contributed by atoms with Gasteiger partial charge in [-0.25, -0.2) is 4.39 Å². The smallest absolute Gasteiger partial charge is 0.257 e. The molecule has 2 aliphatic rings. The molecule has 7 heteroatoms. The summed E-state index contributed by atoms with van der Waals surface area (Å²) in [5.41, 5.74) is 2.27. The number of carbonyl (C=O) groups is 2. The van der Waals surface area contributed by atoms with Gasteiger partial charge in [-0.1, -0.05) is 11.6 Å². The number of nitrogens with one attached hydrogen (secondary N) is 1. The van der Waals surface area contributed by atoms with Crippen molar-refractivity contribution in [3.8, 4) is 0 Å². The van der Waals surface area contributed by atoms with Crippen LogP contribution in [0.4, 0.5) is 15.8 Å².